The van der Waals surface area contributed by atoms with Crippen molar-refractivity contribution >= 4 is 5.91 Å². The number of carbonyl (C=O) groups is 1. The van der Waals surface area contributed by atoms with Gasteiger partial charge >= 0.3 is 0 Å². The average molecular weight is 336 g/mol. The van der Waals surface area contributed by atoms with E-state index in [1.807, 2.05) is 38.4 Å². The van der Waals surface area contributed by atoms with Gasteiger partial charge in [-0.05, 0) is 42.2 Å². The van der Waals surface area contributed by atoms with Crippen LogP contribution in [-0.4, -0.2) is 27.2 Å². The molecule has 3 aromatic rings. The quantitative estimate of drug-likeness (QED) is 0.748. The minimum atomic E-state index is -0.129. The summed E-state index contributed by atoms with van der Waals surface area (Å²) in [5.41, 5.74) is 4.54. The number of aromatic nitrogens is 3. The number of nitrogens with zero attached hydrogens (tertiary/aromatic N) is 2. The Morgan fingerprint density at radius 1 is 1.28 bits per heavy atom. The SMILES string of the molecule is Cc1ccc(C(=O)NCCc2ccc(=O)[nH]c2)cc1-c1cnn(C)c1. The molecule has 0 radical (unpaired) electrons. The molecule has 3 rings (SSSR count). The molecule has 0 saturated heterocycles. The Bertz CT molecular complexity index is 936. The molecule has 6 nitrogen and oxygen atoms in total. The van der Waals surface area contributed by atoms with Crippen LogP contribution in [0, 0.1) is 6.92 Å². The van der Waals surface area contributed by atoms with Gasteiger partial charge in [-0.3, -0.25) is 14.3 Å². The first-order valence-corrected chi connectivity index (χ1v) is 8.08. The molecule has 1 aromatic carbocycles. The molecule has 0 spiro atoms. The molecular formula is C19H20N4O2. The molecule has 0 atom stereocenters. The van der Waals surface area contributed by atoms with E-state index < -0.39 is 0 Å². The van der Waals surface area contributed by atoms with Gasteiger partial charge in [-0.1, -0.05) is 12.1 Å². The molecule has 0 unspecified atom stereocenters. The van der Waals surface area contributed by atoms with E-state index in [0.717, 1.165) is 22.3 Å². The van der Waals surface area contributed by atoms with Gasteiger partial charge in [-0.2, -0.15) is 5.10 Å². The van der Waals surface area contributed by atoms with Crippen LogP contribution in [-0.2, 0) is 13.5 Å². The van der Waals surface area contributed by atoms with Crippen molar-refractivity contribution in [2.75, 3.05) is 6.54 Å². The van der Waals surface area contributed by atoms with E-state index >= 15 is 0 Å². The molecular weight excluding hydrogens is 316 g/mol. The van der Waals surface area contributed by atoms with Gasteiger partial charge in [-0.25, -0.2) is 0 Å². The topological polar surface area (TPSA) is 79.8 Å². The molecule has 0 saturated carbocycles. The zero-order valence-electron chi connectivity index (χ0n) is 14.2. The van der Waals surface area contributed by atoms with Gasteiger partial charge in [0.2, 0.25) is 5.56 Å². The minimum absolute atomic E-state index is 0.116. The number of H-pyrrole nitrogens is 1. The molecule has 0 aliphatic rings. The second-order valence-electron chi connectivity index (χ2n) is 6.00. The van der Waals surface area contributed by atoms with Crippen LogP contribution < -0.4 is 10.9 Å². The zero-order valence-corrected chi connectivity index (χ0v) is 14.2. The van der Waals surface area contributed by atoms with Crippen LogP contribution in [0.3, 0.4) is 0 Å². The van der Waals surface area contributed by atoms with E-state index in [2.05, 4.69) is 15.4 Å². The maximum absolute atomic E-state index is 12.4. The second kappa shape index (κ2) is 7.17. The van der Waals surface area contributed by atoms with Gasteiger partial charge in [0, 0.05) is 43.2 Å². The number of pyridine rings is 1. The molecule has 6 heteroatoms. The van der Waals surface area contributed by atoms with E-state index in [1.165, 1.54) is 6.07 Å². The highest BCUT2D eigenvalue weighted by molar-refractivity contribution is 5.95. The lowest BCUT2D eigenvalue weighted by Crippen LogP contribution is -2.25. The van der Waals surface area contributed by atoms with Crippen LogP contribution in [0.5, 0.6) is 0 Å². The lowest BCUT2D eigenvalue weighted by Gasteiger charge is -2.09. The first kappa shape index (κ1) is 16.7. The lowest BCUT2D eigenvalue weighted by atomic mass is 10.0. The maximum Gasteiger partial charge on any atom is 0.251 e. The van der Waals surface area contributed by atoms with E-state index in [4.69, 9.17) is 0 Å². The molecule has 0 aliphatic carbocycles. The molecule has 1 amide bonds. The molecule has 2 aromatic heterocycles. The number of benzene rings is 1. The molecule has 2 N–H and O–H groups in total. The molecule has 128 valence electrons. The summed E-state index contributed by atoms with van der Waals surface area (Å²) in [5.74, 6) is -0.116. The van der Waals surface area contributed by atoms with Gasteiger partial charge in [0.05, 0.1) is 6.20 Å². The van der Waals surface area contributed by atoms with Crippen LogP contribution in [0.2, 0.25) is 0 Å². The highest BCUT2D eigenvalue weighted by atomic mass is 16.1. The smallest absolute Gasteiger partial charge is 0.251 e. The lowest BCUT2D eigenvalue weighted by molar-refractivity contribution is 0.0954. The average Bonchev–Trinajstić information content (AvgIpc) is 3.03. The van der Waals surface area contributed by atoms with Gasteiger partial charge in [0.25, 0.3) is 5.91 Å². The zero-order chi connectivity index (χ0) is 17.8. The predicted octanol–water partition coefficient (Wildman–Crippen LogP) is 2.06. The Labute approximate surface area is 145 Å². The molecule has 0 fully saturated rings. The predicted molar refractivity (Wildman–Crippen MR) is 96.5 cm³/mol. The number of aromatic amines is 1. The third-order valence-electron chi connectivity index (χ3n) is 4.06. The van der Waals surface area contributed by atoms with Crippen LogP contribution in [0.4, 0.5) is 0 Å². The van der Waals surface area contributed by atoms with Crippen LogP contribution in [0.15, 0.2) is 53.7 Å². The number of aryl methyl sites for hydroxylation is 2. The van der Waals surface area contributed by atoms with Crippen molar-refractivity contribution in [2.24, 2.45) is 7.05 Å². The summed E-state index contributed by atoms with van der Waals surface area (Å²) < 4.78 is 1.74. The fraction of sp³-hybridized carbons (Fsp3) is 0.211. The summed E-state index contributed by atoms with van der Waals surface area (Å²) in [6, 6.07) is 8.90. The summed E-state index contributed by atoms with van der Waals surface area (Å²) in [5, 5.41) is 7.10. The van der Waals surface area contributed by atoms with Gasteiger partial charge in [0.15, 0.2) is 0 Å². The standard InChI is InChI=1S/C19H20N4O2/c1-13-3-5-15(9-17(13)16-11-22-23(2)12-16)19(25)20-8-7-14-4-6-18(24)21-10-14/h3-6,9-12H,7-8H2,1-2H3,(H,20,25)(H,21,24). The Balaban J connectivity index is 1.67. The number of hydrogen-bond donors (Lipinski definition) is 2. The molecule has 0 bridgehead atoms. The summed E-state index contributed by atoms with van der Waals surface area (Å²) >= 11 is 0. The van der Waals surface area contributed by atoms with Crippen molar-refractivity contribution in [3.05, 3.63) is 76.0 Å². The molecule has 25 heavy (non-hydrogen) atoms. The third-order valence-corrected chi connectivity index (χ3v) is 4.06. The number of carbonyl (C=O) groups excluding carboxylic acids is 1. The Morgan fingerprint density at radius 3 is 2.80 bits per heavy atom. The Hall–Kier alpha value is -3.15. The van der Waals surface area contributed by atoms with E-state index in [9.17, 15) is 9.59 Å². The molecule has 0 aliphatic heterocycles. The van der Waals surface area contributed by atoms with E-state index in [1.54, 1.807) is 23.1 Å². The van der Waals surface area contributed by atoms with Gasteiger partial charge in [0.1, 0.15) is 0 Å². The fourth-order valence-electron chi connectivity index (χ4n) is 2.66. The summed E-state index contributed by atoms with van der Waals surface area (Å²) in [4.78, 5) is 26.1. The fourth-order valence-corrected chi connectivity index (χ4v) is 2.66. The summed E-state index contributed by atoms with van der Waals surface area (Å²) in [6.45, 7) is 2.52. The van der Waals surface area contributed by atoms with Crippen LogP contribution in [0.25, 0.3) is 11.1 Å². The summed E-state index contributed by atoms with van der Waals surface area (Å²) in [7, 11) is 1.87. The number of rotatable bonds is 5. The van der Waals surface area contributed by atoms with Crippen molar-refractivity contribution in [2.45, 2.75) is 13.3 Å². The van der Waals surface area contributed by atoms with Gasteiger partial charge in [-0.15, -0.1) is 0 Å². The number of amides is 1. The van der Waals surface area contributed by atoms with Crippen LogP contribution >= 0.6 is 0 Å². The highest BCUT2D eigenvalue weighted by Crippen LogP contribution is 2.24. The summed E-state index contributed by atoms with van der Waals surface area (Å²) in [6.07, 6.45) is 6.05. The molecule has 2 heterocycles. The first-order valence-electron chi connectivity index (χ1n) is 8.08. The van der Waals surface area contributed by atoms with Crippen molar-refractivity contribution < 1.29 is 4.79 Å². The van der Waals surface area contributed by atoms with Crippen molar-refractivity contribution in [3.8, 4) is 11.1 Å². The largest absolute Gasteiger partial charge is 0.352 e. The third kappa shape index (κ3) is 4.03. The Morgan fingerprint density at radius 2 is 2.12 bits per heavy atom. The first-order chi connectivity index (χ1) is 12.0. The Kier molecular flexibility index (Phi) is 4.79. The van der Waals surface area contributed by atoms with Crippen molar-refractivity contribution in [1.29, 1.82) is 0 Å². The maximum atomic E-state index is 12.4. The monoisotopic (exact) mass is 336 g/mol. The normalized spacial score (nSPS) is 10.6. The second-order valence-corrected chi connectivity index (χ2v) is 6.00. The van der Waals surface area contributed by atoms with Crippen molar-refractivity contribution in [1.82, 2.24) is 20.1 Å². The number of hydrogen-bond acceptors (Lipinski definition) is 3. The minimum Gasteiger partial charge on any atom is -0.352 e. The number of nitrogens with one attached hydrogen (secondary N) is 2. The van der Waals surface area contributed by atoms with Gasteiger partial charge < -0.3 is 10.3 Å². The van der Waals surface area contributed by atoms with Crippen molar-refractivity contribution in [3.63, 3.8) is 0 Å². The van der Waals surface area contributed by atoms with Crippen LogP contribution in [0.1, 0.15) is 21.5 Å². The highest BCUT2D eigenvalue weighted by Gasteiger charge is 2.10. The van der Waals surface area contributed by atoms with E-state index in [-0.39, 0.29) is 11.5 Å². The van der Waals surface area contributed by atoms with E-state index in [0.29, 0.717) is 18.5 Å².